The smallest absolute Gasteiger partial charge is 0.214 e. The number of nitrogens with one attached hydrogen (secondary N) is 1. The van der Waals surface area contributed by atoms with Crippen LogP contribution < -0.4 is 10.1 Å². The van der Waals surface area contributed by atoms with Crippen LogP contribution in [0.4, 0.5) is 0 Å². The molecule has 0 radical (unpaired) electrons. The van der Waals surface area contributed by atoms with E-state index in [2.05, 4.69) is 20.8 Å². The van der Waals surface area contributed by atoms with Crippen LogP contribution in [-0.4, -0.2) is 39.1 Å². The maximum Gasteiger partial charge on any atom is 0.214 e. The lowest BCUT2D eigenvalue weighted by Crippen LogP contribution is -2.17. The molecule has 0 spiro atoms. The Morgan fingerprint density at radius 1 is 1.14 bits per heavy atom. The van der Waals surface area contributed by atoms with Crippen molar-refractivity contribution in [1.82, 2.24) is 25.5 Å². The van der Waals surface area contributed by atoms with Crippen molar-refractivity contribution in [3.63, 3.8) is 0 Å². The highest BCUT2D eigenvalue weighted by molar-refractivity contribution is 7.99. The molecule has 0 fully saturated rings. The highest BCUT2D eigenvalue weighted by Gasteiger charge is 2.10. The van der Waals surface area contributed by atoms with Crippen LogP contribution >= 0.6 is 35.0 Å². The minimum atomic E-state index is 0.536. The van der Waals surface area contributed by atoms with Gasteiger partial charge in [-0.3, -0.25) is 0 Å². The lowest BCUT2D eigenvalue weighted by Gasteiger charge is -2.11. The number of nitrogens with zero attached hydrogens (tertiary/aromatic N) is 4. The van der Waals surface area contributed by atoms with Gasteiger partial charge in [0.25, 0.3) is 0 Å². The Morgan fingerprint density at radius 2 is 1.89 bits per heavy atom. The Bertz CT molecular complexity index is 868. The molecule has 0 bridgehead atoms. The first-order valence-corrected chi connectivity index (χ1v) is 10.7. The maximum absolute atomic E-state index is 6.29. The van der Waals surface area contributed by atoms with Crippen molar-refractivity contribution in [3.05, 3.63) is 58.1 Å². The quantitative estimate of drug-likeness (QED) is 0.368. The molecule has 0 aliphatic rings. The molecule has 2 aromatic carbocycles. The van der Waals surface area contributed by atoms with E-state index in [0.29, 0.717) is 28.9 Å². The molecule has 6 nitrogen and oxygen atoms in total. The Labute approximate surface area is 178 Å². The minimum absolute atomic E-state index is 0.536. The molecule has 0 unspecified atom stereocenters. The van der Waals surface area contributed by atoms with E-state index in [1.54, 1.807) is 16.4 Å². The zero-order valence-electron chi connectivity index (χ0n) is 15.4. The third-order valence-corrected chi connectivity index (χ3v) is 5.27. The Morgan fingerprint density at radius 3 is 2.61 bits per heavy atom. The van der Waals surface area contributed by atoms with Gasteiger partial charge in [0.15, 0.2) is 5.75 Å². The van der Waals surface area contributed by atoms with Gasteiger partial charge >= 0.3 is 0 Å². The molecular formula is C19H21Cl2N5OS. The number of para-hydroxylation sites is 1. The average molecular weight is 438 g/mol. The largest absolute Gasteiger partial charge is 0.490 e. The monoisotopic (exact) mass is 437 g/mol. The number of hydrogen-bond donors (Lipinski definition) is 1. The lowest BCUT2D eigenvalue weighted by molar-refractivity contribution is 0.317. The lowest BCUT2D eigenvalue weighted by atomic mass is 10.2. The van der Waals surface area contributed by atoms with E-state index in [1.807, 2.05) is 49.4 Å². The zero-order chi connectivity index (χ0) is 19.8. The third-order valence-electron chi connectivity index (χ3n) is 3.79. The van der Waals surface area contributed by atoms with E-state index in [9.17, 15) is 0 Å². The van der Waals surface area contributed by atoms with Crippen LogP contribution in [0, 0.1) is 0 Å². The second-order valence-electron chi connectivity index (χ2n) is 5.97. The summed E-state index contributed by atoms with van der Waals surface area (Å²) in [6.07, 6.45) is 0.904. The standard InChI is InChI=1S/C19H21Cl2N5OS/c1-2-9-27-18-16(20)11-14(12-17(18)21)13-22-8-10-28-19-23-24-25-26(19)15-6-4-3-5-7-15/h3-7,11-12,22H,2,8-10,13H2,1H3. The van der Waals surface area contributed by atoms with Gasteiger partial charge < -0.3 is 10.1 Å². The van der Waals surface area contributed by atoms with Crippen molar-refractivity contribution in [3.8, 4) is 11.4 Å². The molecule has 28 heavy (non-hydrogen) atoms. The molecule has 1 N–H and O–H groups in total. The molecule has 1 heterocycles. The molecule has 0 saturated heterocycles. The van der Waals surface area contributed by atoms with Gasteiger partial charge in [-0.25, -0.2) is 0 Å². The predicted molar refractivity (Wildman–Crippen MR) is 114 cm³/mol. The Hall–Kier alpha value is -1.80. The van der Waals surface area contributed by atoms with E-state index < -0.39 is 0 Å². The number of tetrazole rings is 1. The van der Waals surface area contributed by atoms with Crippen molar-refractivity contribution in [2.24, 2.45) is 0 Å². The first-order valence-electron chi connectivity index (χ1n) is 8.97. The van der Waals surface area contributed by atoms with Gasteiger partial charge in [-0.15, -0.1) is 5.10 Å². The van der Waals surface area contributed by atoms with E-state index in [1.165, 1.54) is 0 Å². The fraction of sp³-hybridized carbons (Fsp3) is 0.316. The van der Waals surface area contributed by atoms with E-state index in [-0.39, 0.29) is 0 Å². The second kappa shape index (κ2) is 10.7. The Balaban J connectivity index is 1.48. The van der Waals surface area contributed by atoms with Gasteiger partial charge in [0, 0.05) is 18.8 Å². The summed E-state index contributed by atoms with van der Waals surface area (Å²) in [6.45, 7) is 4.08. The number of rotatable bonds is 10. The van der Waals surface area contributed by atoms with E-state index in [4.69, 9.17) is 27.9 Å². The van der Waals surface area contributed by atoms with Crippen LogP contribution in [0.15, 0.2) is 47.6 Å². The molecule has 1 aromatic heterocycles. The highest BCUT2D eigenvalue weighted by atomic mass is 35.5. The van der Waals surface area contributed by atoms with Gasteiger partial charge in [0.1, 0.15) is 0 Å². The summed E-state index contributed by atoms with van der Waals surface area (Å²) in [4.78, 5) is 0. The fourth-order valence-electron chi connectivity index (χ4n) is 2.50. The summed E-state index contributed by atoms with van der Waals surface area (Å²) in [7, 11) is 0. The number of hydrogen-bond acceptors (Lipinski definition) is 6. The first-order chi connectivity index (χ1) is 13.7. The summed E-state index contributed by atoms with van der Waals surface area (Å²) in [5.74, 6) is 1.38. The topological polar surface area (TPSA) is 64.9 Å². The van der Waals surface area contributed by atoms with Crippen LogP contribution in [0.1, 0.15) is 18.9 Å². The number of aromatic nitrogens is 4. The van der Waals surface area contributed by atoms with Gasteiger partial charge in [-0.2, -0.15) is 4.68 Å². The number of benzene rings is 2. The Kier molecular flexibility index (Phi) is 7.97. The van der Waals surface area contributed by atoms with Crippen molar-refractivity contribution in [2.75, 3.05) is 18.9 Å². The van der Waals surface area contributed by atoms with Gasteiger partial charge in [-0.05, 0) is 46.7 Å². The highest BCUT2D eigenvalue weighted by Crippen LogP contribution is 2.34. The van der Waals surface area contributed by atoms with Crippen molar-refractivity contribution in [2.45, 2.75) is 25.0 Å². The van der Waals surface area contributed by atoms with Gasteiger partial charge in [-0.1, -0.05) is 60.1 Å². The predicted octanol–water partition coefficient (Wildman–Crippen LogP) is 4.64. The molecule has 148 valence electrons. The number of halogens is 2. The SMILES string of the molecule is CCCOc1c(Cl)cc(CNCCSc2nnnn2-c2ccccc2)cc1Cl. The van der Waals surface area contributed by atoms with Gasteiger partial charge in [0.05, 0.1) is 22.3 Å². The van der Waals surface area contributed by atoms with Crippen LogP contribution in [0.5, 0.6) is 5.75 Å². The van der Waals surface area contributed by atoms with Crippen LogP contribution in [0.2, 0.25) is 10.0 Å². The molecule has 0 aliphatic heterocycles. The third kappa shape index (κ3) is 5.61. The van der Waals surface area contributed by atoms with Crippen LogP contribution in [0.3, 0.4) is 0 Å². The van der Waals surface area contributed by atoms with Crippen molar-refractivity contribution < 1.29 is 4.74 Å². The summed E-state index contributed by atoms with van der Waals surface area (Å²) < 4.78 is 7.33. The normalized spacial score (nSPS) is 11.0. The van der Waals surface area contributed by atoms with E-state index >= 15 is 0 Å². The number of thioether (sulfide) groups is 1. The minimum Gasteiger partial charge on any atom is -0.490 e. The first kappa shape index (κ1) is 20.9. The molecule has 0 saturated carbocycles. The zero-order valence-corrected chi connectivity index (χ0v) is 17.8. The molecule has 0 atom stereocenters. The van der Waals surface area contributed by atoms with Crippen molar-refractivity contribution >= 4 is 35.0 Å². The van der Waals surface area contributed by atoms with Gasteiger partial charge in [0.2, 0.25) is 5.16 Å². The summed E-state index contributed by atoms with van der Waals surface area (Å²) in [6, 6.07) is 13.6. The summed E-state index contributed by atoms with van der Waals surface area (Å²) in [5, 5.41) is 17.1. The second-order valence-corrected chi connectivity index (χ2v) is 7.85. The van der Waals surface area contributed by atoms with Crippen LogP contribution in [0.25, 0.3) is 5.69 Å². The van der Waals surface area contributed by atoms with E-state index in [0.717, 1.165) is 35.1 Å². The van der Waals surface area contributed by atoms with Crippen LogP contribution in [-0.2, 0) is 6.54 Å². The fourth-order valence-corrected chi connectivity index (χ4v) is 3.93. The molecule has 3 rings (SSSR count). The van der Waals surface area contributed by atoms with Crippen molar-refractivity contribution in [1.29, 1.82) is 0 Å². The summed E-state index contributed by atoms with van der Waals surface area (Å²) >= 11 is 14.2. The average Bonchev–Trinajstić information content (AvgIpc) is 3.16. The molecule has 0 amide bonds. The molecule has 3 aromatic rings. The molecule has 0 aliphatic carbocycles. The summed E-state index contributed by atoms with van der Waals surface area (Å²) in [5.41, 5.74) is 1.95. The molecule has 9 heteroatoms. The molecular weight excluding hydrogens is 417 g/mol. The number of ether oxygens (including phenoxy) is 1. The maximum atomic E-state index is 6.29.